The maximum Gasteiger partial charge on any atom is 0.124 e. The van der Waals surface area contributed by atoms with Gasteiger partial charge in [0.05, 0.1) is 5.69 Å². The quantitative estimate of drug-likeness (QED) is 0.764. The number of rotatable bonds is 4. The van der Waals surface area contributed by atoms with Crippen molar-refractivity contribution >= 4 is 11.1 Å². The number of hydrogen-bond donors (Lipinski definition) is 1. The fourth-order valence-corrected chi connectivity index (χ4v) is 2.26. The summed E-state index contributed by atoms with van der Waals surface area (Å²) in [6, 6.07) is 10.9. The molecule has 0 fully saturated rings. The third-order valence-electron chi connectivity index (χ3n) is 3.94. The Balaban J connectivity index is 0.000000273. The second kappa shape index (κ2) is 11.0. The number of terminal acetylenes is 1. The Morgan fingerprint density at radius 1 is 1.19 bits per heavy atom. The molecule has 0 spiro atoms. The zero-order chi connectivity index (χ0) is 19.5. The second-order valence-electron chi connectivity index (χ2n) is 6.22. The van der Waals surface area contributed by atoms with Gasteiger partial charge in [-0.25, -0.2) is 4.39 Å². The smallest absolute Gasteiger partial charge is 0.124 e. The van der Waals surface area contributed by atoms with Crippen molar-refractivity contribution in [3.05, 3.63) is 76.9 Å². The van der Waals surface area contributed by atoms with Gasteiger partial charge in [-0.15, -0.1) is 6.42 Å². The van der Waals surface area contributed by atoms with Crippen LogP contribution in [0.15, 0.2) is 54.2 Å². The molecule has 0 unspecified atom stereocenters. The molecule has 2 N–H and O–H groups in total. The summed E-state index contributed by atoms with van der Waals surface area (Å²) >= 11 is 0. The maximum atomic E-state index is 13.3. The summed E-state index contributed by atoms with van der Waals surface area (Å²) in [5.41, 5.74) is 11.7. The first kappa shape index (κ1) is 21.3. The van der Waals surface area contributed by atoms with Gasteiger partial charge in [-0.05, 0) is 93.3 Å². The third kappa shape index (κ3) is 7.04. The van der Waals surface area contributed by atoms with E-state index in [4.69, 9.17) is 12.2 Å². The first-order valence-corrected chi connectivity index (χ1v) is 8.57. The van der Waals surface area contributed by atoms with Crippen molar-refractivity contribution < 1.29 is 4.39 Å². The minimum Gasteiger partial charge on any atom is -0.330 e. The van der Waals surface area contributed by atoms with E-state index >= 15 is 0 Å². The summed E-state index contributed by atoms with van der Waals surface area (Å²) in [6.07, 6.45) is 9.30. The molecule has 0 bridgehead atoms. The van der Waals surface area contributed by atoms with Crippen molar-refractivity contribution in [2.24, 2.45) is 5.73 Å². The van der Waals surface area contributed by atoms with E-state index in [2.05, 4.69) is 10.9 Å². The predicted octanol–water partition coefficient (Wildman–Crippen LogP) is 5.26. The lowest BCUT2D eigenvalue weighted by Crippen LogP contribution is -2.03. The molecule has 0 saturated carbocycles. The van der Waals surface area contributed by atoms with Crippen molar-refractivity contribution in [2.75, 3.05) is 6.54 Å². The lowest BCUT2D eigenvalue weighted by Gasteiger charge is -2.07. The summed E-state index contributed by atoms with van der Waals surface area (Å²) in [4.78, 5) is 4.13. The van der Waals surface area contributed by atoms with Gasteiger partial charge in [-0.2, -0.15) is 0 Å². The van der Waals surface area contributed by atoms with E-state index in [0.717, 1.165) is 34.4 Å². The molecule has 1 heterocycles. The molecule has 2 nitrogen and oxygen atoms in total. The monoisotopic (exact) mass is 350 g/mol. The zero-order valence-corrected chi connectivity index (χ0v) is 16.0. The minimum atomic E-state index is -0.184. The fourth-order valence-electron chi connectivity index (χ4n) is 2.26. The molecule has 0 atom stereocenters. The average Bonchev–Trinajstić information content (AvgIpc) is 2.62. The summed E-state index contributed by atoms with van der Waals surface area (Å²) in [7, 11) is 0. The predicted molar refractivity (Wildman–Crippen MR) is 110 cm³/mol. The highest BCUT2D eigenvalue weighted by Gasteiger charge is 2.03. The van der Waals surface area contributed by atoms with E-state index in [-0.39, 0.29) is 5.82 Å². The van der Waals surface area contributed by atoms with Gasteiger partial charge < -0.3 is 5.73 Å². The van der Waals surface area contributed by atoms with Gasteiger partial charge in [0, 0.05) is 6.20 Å². The highest BCUT2D eigenvalue weighted by atomic mass is 19.1. The van der Waals surface area contributed by atoms with Gasteiger partial charge >= 0.3 is 0 Å². The van der Waals surface area contributed by atoms with E-state index < -0.39 is 0 Å². The number of allylic oxidation sites excluding steroid dienone is 4. The van der Waals surface area contributed by atoms with Gasteiger partial charge in [0.25, 0.3) is 0 Å². The van der Waals surface area contributed by atoms with E-state index in [1.54, 1.807) is 24.4 Å². The molecule has 1 aromatic carbocycles. The van der Waals surface area contributed by atoms with Crippen LogP contribution in [0.3, 0.4) is 0 Å². The standard InChI is InChI=1S/C13H18FN.C10H9N/c1-9(2)10(3)12-6-11(4-5-15)7-13(14)8-12;1-3-6-9(2)10-7-4-5-8-11-10/h6-8H,4-5,15H2,1-3H3;1,4-8H,2H3/b;9-6+. The van der Waals surface area contributed by atoms with E-state index in [1.165, 1.54) is 5.57 Å². The SMILES string of the molecule is C#C/C=C(\C)c1ccccn1.CC(C)=C(C)c1cc(F)cc(CCN)c1. The van der Waals surface area contributed by atoms with E-state index in [9.17, 15) is 4.39 Å². The summed E-state index contributed by atoms with van der Waals surface area (Å²) in [5.74, 6) is 2.28. The van der Waals surface area contributed by atoms with Crippen LogP contribution < -0.4 is 5.73 Å². The van der Waals surface area contributed by atoms with Crippen LogP contribution in [-0.2, 0) is 6.42 Å². The number of nitrogens with zero attached hydrogens (tertiary/aromatic N) is 1. The normalized spacial score (nSPS) is 10.4. The van der Waals surface area contributed by atoms with Crippen LogP contribution in [0.5, 0.6) is 0 Å². The molecule has 0 aliphatic heterocycles. The van der Waals surface area contributed by atoms with Crippen molar-refractivity contribution in [1.82, 2.24) is 4.98 Å². The minimum absolute atomic E-state index is 0.184. The lowest BCUT2D eigenvalue weighted by atomic mass is 10.00. The zero-order valence-electron chi connectivity index (χ0n) is 16.0. The molecule has 0 aliphatic rings. The first-order valence-electron chi connectivity index (χ1n) is 8.57. The van der Waals surface area contributed by atoms with Crippen molar-refractivity contribution in [3.63, 3.8) is 0 Å². The van der Waals surface area contributed by atoms with Crippen LogP contribution in [0, 0.1) is 18.2 Å². The molecule has 136 valence electrons. The van der Waals surface area contributed by atoms with Crippen LogP contribution in [-0.4, -0.2) is 11.5 Å². The number of nitrogens with two attached hydrogens (primary N) is 1. The Bertz CT molecular complexity index is 808. The molecule has 1 aromatic heterocycles. The number of hydrogen-bond acceptors (Lipinski definition) is 2. The molecular weight excluding hydrogens is 323 g/mol. The topological polar surface area (TPSA) is 38.9 Å². The summed E-state index contributed by atoms with van der Waals surface area (Å²) in [6.45, 7) is 8.57. The van der Waals surface area contributed by atoms with Gasteiger partial charge in [0.15, 0.2) is 0 Å². The van der Waals surface area contributed by atoms with Gasteiger partial charge in [0.2, 0.25) is 0 Å². The van der Waals surface area contributed by atoms with Crippen LogP contribution >= 0.6 is 0 Å². The maximum absolute atomic E-state index is 13.3. The summed E-state index contributed by atoms with van der Waals surface area (Å²) in [5, 5.41) is 0. The second-order valence-corrected chi connectivity index (χ2v) is 6.22. The van der Waals surface area contributed by atoms with Crippen LogP contribution in [0.25, 0.3) is 11.1 Å². The third-order valence-corrected chi connectivity index (χ3v) is 3.94. The van der Waals surface area contributed by atoms with Crippen molar-refractivity contribution in [3.8, 4) is 12.3 Å². The number of aromatic nitrogens is 1. The Hall–Kier alpha value is -2.70. The molecule has 26 heavy (non-hydrogen) atoms. The van der Waals surface area contributed by atoms with Crippen LogP contribution in [0.2, 0.25) is 0 Å². The molecule has 2 aromatic rings. The molecule has 0 aliphatic carbocycles. The largest absolute Gasteiger partial charge is 0.330 e. The Kier molecular flexibility index (Phi) is 9.05. The molecule has 3 heteroatoms. The Morgan fingerprint density at radius 2 is 1.92 bits per heavy atom. The molecule has 0 radical (unpaired) electrons. The molecule has 0 saturated heterocycles. The molecule has 2 rings (SSSR count). The average molecular weight is 350 g/mol. The number of benzene rings is 1. The number of pyridine rings is 1. The fraction of sp³-hybridized carbons (Fsp3) is 0.261. The molecular formula is C23H27FN2. The lowest BCUT2D eigenvalue weighted by molar-refractivity contribution is 0.625. The van der Waals surface area contributed by atoms with E-state index in [1.807, 2.05) is 52.0 Å². The summed E-state index contributed by atoms with van der Waals surface area (Å²) < 4.78 is 13.3. The van der Waals surface area contributed by atoms with Gasteiger partial charge in [-0.1, -0.05) is 23.6 Å². The van der Waals surface area contributed by atoms with Crippen molar-refractivity contribution in [2.45, 2.75) is 34.1 Å². The highest BCUT2D eigenvalue weighted by Crippen LogP contribution is 2.20. The number of halogens is 1. The van der Waals surface area contributed by atoms with Crippen LogP contribution in [0.4, 0.5) is 4.39 Å². The van der Waals surface area contributed by atoms with Crippen molar-refractivity contribution in [1.29, 1.82) is 0 Å². The molecule has 0 amide bonds. The Morgan fingerprint density at radius 3 is 2.46 bits per heavy atom. The Labute approximate surface area is 156 Å². The highest BCUT2D eigenvalue weighted by molar-refractivity contribution is 5.66. The van der Waals surface area contributed by atoms with E-state index in [0.29, 0.717) is 6.54 Å². The van der Waals surface area contributed by atoms with Crippen LogP contribution in [0.1, 0.15) is 44.5 Å². The first-order chi connectivity index (χ1) is 12.4. The van der Waals surface area contributed by atoms with Gasteiger partial charge in [-0.3, -0.25) is 4.98 Å². The van der Waals surface area contributed by atoms with Gasteiger partial charge in [0.1, 0.15) is 5.82 Å².